The van der Waals surface area contributed by atoms with Crippen LogP contribution in [0.1, 0.15) is 11.3 Å². The van der Waals surface area contributed by atoms with Crippen LogP contribution in [0.2, 0.25) is 0 Å². The maximum atomic E-state index is 7.23. The summed E-state index contributed by atoms with van der Waals surface area (Å²) in [5.41, 5.74) is 7.61. The molecule has 0 unspecified atom stereocenters. The van der Waals surface area contributed by atoms with Crippen LogP contribution in [-0.2, 0) is 20.1 Å². The van der Waals surface area contributed by atoms with Gasteiger partial charge in [0, 0.05) is 37.4 Å². The van der Waals surface area contributed by atoms with Gasteiger partial charge in [-0.15, -0.1) is 18.2 Å². The van der Waals surface area contributed by atoms with Gasteiger partial charge in [-0.3, -0.25) is 0 Å². The van der Waals surface area contributed by atoms with Crippen molar-refractivity contribution >= 4 is 27.8 Å². The SMILES string of the molecule is [C-]#[N+]c1cccc(-c2cnc(-c3[c-]ccc4c3oc3nc(C)ccc34)cc2C)c1.[Ir]. The van der Waals surface area contributed by atoms with Crippen molar-refractivity contribution in [3.05, 3.63) is 89.5 Å². The van der Waals surface area contributed by atoms with Crippen LogP contribution in [0, 0.1) is 26.5 Å². The van der Waals surface area contributed by atoms with Gasteiger partial charge in [0.1, 0.15) is 0 Å². The first-order valence-corrected chi connectivity index (χ1v) is 9.29. The van der Waals surface area contributed by atoms with E-state index in [1.54, 1.807) is 6.07 Å². The van der Waals surface area contributed by atoms with Gasteiger partial charge >= 0.3 is 0 Å². The molecule has 5 aromatic rings. The molecule has 0 saturated heterocycles. The van der Waals surface area contributed by atoms with Crippen molar-refractivity contribution in [1.82, 2.24) is 9.97 Å². The van der Waals surface area contributed by atoms with Gasteiger partial charge in [-0.1, -0.05) is 35.2 Å². The first kappa shape index (κ1) is 20.0. The molecule has 3 heterocycles. The van der Waals surface area contributed by atoms with E-state index in [2.05, 4.69) is 22.8 Å². The predicted octanol–water partition coefficient (Wildman–Crippen LogP) is 6.68. The molecule has 3 aromatic heterocycles. The second-order valence-corrected chi connectivity index (χ2v) is 7.05. The molecule has 30 heavy (non-hydrogen) atoms. The molecule has 5 heteroatoms. The standard InChI is InChI=1S/C25H16N3O.Ir/c1-15-12-23(27-14-22(15)17-6-4-7-18(13-17)26-3)21-9-5-8-19-20-11-10-16(2)28-25(20)29-24(19)21;/h4-8,10-14H,1-2H3;/q-1;. The number of hydrogen-bond acceptors (Lipinski definition) is 3. The normalized spacial score (nSPS) is 10.7. The molecule has 147 valence electrons. The number of nitrogens with zero attached hydrogens (tertiary/aromatic N) is 3. The summed E-state index contributed by atoms with van der Waals surface area (Å²) < 4.78 is 6.09. The van der Waals surface area contributed by atoms with Crippen molar-refractivity contribution in [1.29, 1.82) is 0 Å². The molecule has 2 aromatic carbocycles. The summed E-state index contributed by atoms with van der Waals surface area (Å²) in [5, 5.41) is 2.00. The number of fused-ring (bicyclic) bond motifs is 3. The van der Waals surface area contributed by atoms with Gasteiger partial charge < -0.3 is 9.40 Å². The largest absolute Gasteiger partial charge is 0.486 e. The number of furan rings is 1. The third kappa shape index (κ3) is 3.31. The fourth-order valence-corrected chi connectivity index (χ4v) is 3.64. The van der Waals surface area contributed by atoms with Crippen LogP contribution < -0.4 is 0 Å². The first-order chi connectivity index (χ1) is 14.1. The fraction of sp³-hybridized carbons (Fsp3) is 0.0800. The Morgan fingerprint density at radius 1 is 1.03 bits per heavy atom. The quantitative estimate of drug-likeness (QED) is 0.224. The minimum absolute atomic E-state index is 0. The van der Waals surface area contributed by atoms with E-state index >= 15 is 0 Å². The van der Waals surface area contributed by atoms with Gasteiger partial charge in [0.2, 0.25) is 5.71 Å². The molecular weight excluding hydrogens is 551 g/mol. The summed E-state index contributed by atoms with van der Waals surface area (Å²) >= 11 is 0. The van der Waals surface area contributed by atoms with E-state index in [0.29, 0.717) is 11.4 Å². The van der Waals surface area contributed by atoms with Gasteiger partial charge in [-0.05, 0) is 54.4 Å². The van der Waals surface area contributed by atoms with E-state index in [1.165, 1.54) is 0 Å². The van der Waals surface area contributed by atoms with Gasteiger partial charge in [0.25, 0.3) is 0 Å². The van der Waals surface area contributed by atoms with E-state index in [9.17, 15) is 0 Å². The smallest absolute Gasteiger partial charge is 0.216 e. The Balaban J connectivity index is 0.00000218. The molecular formula is C25H16IrN3O-. The van der Waals surface area contributed by atoms with Gasteiger partial charge in [-0.2, -0.15) is 0 Å². The van der Waals surface area contributed by atoms with Crippen LogP contribution in [0.5, 0.6) is 0 Å². The molecule has 0 fully saturated rings. The molecule has 0 aliphatic carbocycles. The molecule has 0 spiro atoms. The summed E-state index contributed by atoms with van der Waals surface area (Å²) in [6.45, 7) is 11.2. The number of aromatic nitrogens is 2. The zero-order valence-electron chi connectivity index (χ0n) is 16.4. The zero-order valence-corrected chi connectivity index (χ0v) is 18.8. The third-order valence-corrected chi connectivity index (χ3v) is 5.09. The molecule has 0 aliphatic rings. The van der Waals surface area contributed by atoms with E-state index in [1.807, 2.05) is 61.7 Å². The average molecular weight is 567 g/mol. The summed E-state index contributed by atoms with van der Waals surface area (Å²) in [4.78, 5) is 12.7. The maximum absolute atomic E-state index is 7.23. The van der Waals surface area contributed by atoms with E-state index < -0.39 is 0 Å². The van der Waals surface area contributed by atoms with Crippen molar-refractivity contribution in [2.75, 3.05) is 0 Å². The van der Waals surface area contributed by atoms with Crippen molar-refractivity contribution in [3.63, 3.8) is 0 Å². The van der Waals surface area contributed by atoms with Crippen LogP contribution >= 0.6 is 0 Å². The monoisotopic (exact) mass is 567 g/mol. The zero-order chi connectivity index (χ0) is 20.0. The van der Waals surface area contributed by atoms with E-state index in [-0.39, 0.29) is 20.1 Å². The van der Waals surface area contributed by atoms with Crippen LogP contribution in [0.3, 0.4) is 0 Å². The Morgan fingerprint density at radius 3 is 2.70 bits per heavy atom. The molecule has 1 radical (unpaired) electrons. The van der Waals surface area contributed by atoms with Crippen LogP contribution in [-0.4, -0.2) is 9.97 Å². The number of rotatable bonds is 2. The van der Waals surface area contributed by atoms with E-state index in [4.69, 9.17) is 16.0 Å². The van der Waals surface area contributed by atoms with E-state index in [0.717, 1.165) is 50.0 Å². The summed E-state index contributed by atoms with van der Waals surface area (Å²) in [5.74, 6) is 0. The Morgan fingerprint density at radius 2 is 1.90 bits per heavy atom. The Bertz CT molecular complexity index is 1450. The predicted molar refractivity (Wildman–Crippen MR) is 115 cm³/mol. The number of pyridine rings is 2. The summed E-state index contributed by atoms with van der Waals surface area (Å²) in [6.07, 6.45) is 1.85. The fourth-order valence-electron chi connectivity index (χ4n) is 3.64. The topological polar surface area (TPSA) is 43.3 Å². The second kappa shape index (κ2) is 7.83. The van der Waals surface area contributed by atoms with Gasteiger partial charge in [-0.25, -0.2) is 9.83 Å². The third-order valence-electron chi connectivity index (χ3n) is 5.09. The summed E-state index contributed by atoms with van der Waals surface area (Å²) in [6, 6.07) is 20.8. The number of benzene rings is 2. The van der Waals surface area contributed by atoms with Crippen LogP contribution in [0.4, 0.5) is 5.69 Å². The van der Waals surface area contributed by atoms with Gasteiger partial charge in [0.15, 0.2) is 5.69 Å². The van der Waals surface area contributed by atoms with Gasteiger partial charge in [0.05, 0.1) is 12.2 Å². The average Bonchev–Trinajstić information content (AvgIpc) is 3.11. The molecule has 0 amide bonds. The Hall–Kier alpha value is -3.32. The minimum Gasteiger partial charge on any atom is -0.486 e. The maximum Gasteiger partial charge on any atom is 0.216 e. The molecule has 0 N–H and O–H groups in total. The number of hydrogen-bond donors (Lipinski definition) is 0. The Kier molecular flexibility index (Phi) is 5.22. The second-order valence-electron chi connectivity index (χ2n) is 7.05. The molecule has 0 saturated carbocycles. The van der Waals surface area contributed by atoms with Crippen molar-refractivity contribution < 1.29 is 24.5 Å². The Labute approximate surface area is 187 Å². The first-order valence-electron chi connectivity index (χ1n) is 9.29. The molecule has 0 bridgehead atoms. The van der Waals surface area contributed by atoms with Crippen LogP contribution in [0.25, 0.3) is 49.3 Å². The summed E-state index contributed by atoms with van der Waals surface area (Å²) in [7, 11) is 0. The van der Waals surface area contributed by atoms with Crippen molar-refractivity contribution in [2.24, 2.45) is 0 Å². The van der Waals surface area contributed by atoms with Crippen LogP contribution in [0.15, 0.2) is 65.2 Å². The van der Waals surface area contributed by atoms with Crippen molar-refractivity contribution in [3.8, 4) is 22.4 Å². The van der Waals surface area contributed by atoms with Crippen molar-refractivity contribution in [2.45, 2.75) is 13.8 Å². The molecule has 0 aliphatic heterocycles. The minimum atomic E-state index is 0. The molecule has 5 rings (SSSR count). The molecule has 4 nitrogen and oxygen atoms in total. The molecule has 0 atom stereocenters. The number of aryl methyl sites for hydroxylation is 2.